The first-order chi connectivity index (χ1) is 9.05. The van der Waals surface area contributed by atoms with E-state index in [1.54, 1.807) is 0 Å². The number of hydrogen-bond acceptors (Lipinski definition) is 5. The van der Waals surface area contributed by atoms with Gasteiger partial charge < -0.3 is 14.4 Å². The molecule has 1 saturated heterocycles. The monoisotopic (exact) mass is 299 g/mol. The number of hydrogen-bond donors (Lipinski definition) is 1. The Balaban J connectivity index is 2.43. The standard InChI is InChI=1S/C12H15BClNO5/c1-11(2)12(3,4)20-13(19-11)7-5-8(14)10(16)9(6-7)15(17)18/h5-6,16H,1-4H3. The molecule has 0 aromatic heterocycles. The van der Waals surface area contributed by atoms with Gasteiger partial charge in [0.25, 0.3) is 0 Å². The molecule has 1 fully saturated rings. The SMILES string of the molecule is CC1(C)OB(c2cc(Cl)c(O)c([N+](=O)[O-])c2)OC1(C)C. The fourth-order valence-electron chi connectivity index (χ4n) is 1.86. The summed E-state index contributed by atoms with van der Waals surface area (Å²) in [4.78, 5) is 10.2. The van der Waals surface area contributed by atoms with Gasteiger partial charge in [0, 0.05) is 6.07 Å². The molecule has 108 valence electrons. The third-order valence-corrected chi connectivity index (χ3v) is 4.08. The smallest absolute Gasteiger partial charge is 0.495 e. The van der Waals surface area contributed by atoms with E-state index in [1.165, 1.54) is 12.1 Å². The number of nitrogens with zero attached hydrogens (tertiary/aromatic N) is 1. The topological polar surface area (TPSA) is 81.8 Å². The molecule has 0 radical (unpaired) electrons. The molecule has 0 atom stereocenters. The first-order valence-corrected chi connectivity index (χ1v) is 6.45. The molecule has 0 amide bonds. The molecule has 0 spiro atoms. The van der Waals surface area contributed by atoms with Crippen LogP contribution in [0.15, 0.2) is 12.1 Å². The maximum atomic E-state index is 10.9. The molecule has 6 nitrogen and oxygen atoms in total. The van der Waals surface area contributed by atoms with Gasteiger partial charge in [-0.15, -0.1) is 0 Å². The van der Waals surface area contributed by atoms with Crippen LogP contribution in [0.5, 0.6) is 5.75 Å². The highest BCUT2D eigenvalue weighted by molar-refractivity contribution is 6.62. The third kappa shape index (κ3) is 2.37. The van der Waals surface area contributed by atoms with Crippen LogP contribution in [0.2, 0.25) is 5.02 Å². The molecule has 20 heavy (non-hydrogen) atoms. The number of nitro groups is 1. The van der Waals surface area contributed by atoms with Gasteiger partial charge in [0.05, 0.1) is 21.1 Å². The largest absolute Gasteiger partial charge is 0.501 e. The normalized spacial score (nSPS) is 20.1. The molecule has 0 aliphatic carbocycles. The van der Waals surface area contributed by atoms with Crippen LogP contribution < -0.4 is 5.46 Å². The van der Waals surface area contributed by atoms with Gasteiger partial charge in [-0.25, -0.2) is 0 Å². The number of phenolic OH excluding ortho intramolecular Hbond substituents is 1. The minimum atomic E-state index is -0.767. The van der Waals surface area contributed by atoms with Gasteiger partial charge in [0.1, 0.15) is 0 Å². The van der Waals surface area contributed by atoms with E-state index < -0.39 is 34.7 Å². The number of benzene rings is 1. The van der Waals surface area contributed by atoms with Crippen molar-refractivity contribution in [2.75, 3.05) is 0 Å². The fraction of sp³-hybridized carbons (Fsp3) is 0.500. The molecule has 0 unspecified atom stereocenters. The van der Waals surface area contributed by atoms with Crippen LogP contribution in [0.3, 0.4) is 0 Å². The summed E-state index contributed by atoms with van der Waals surface area (Å²) in [5.41, 5.74) is -1.19. The number of rotatable bonds is 2. The quantitative estimate of drug-likeness (QED) is 0.514. The summed E-state index contributed by atoms with van der Waals surface area (Å²) in [5.74, 6) is -0.558. The van der Waals surface area contributed by atoms with E-state index in [0.29, 0.717) is 5.46 Å². The highest BCUT2D eigenvalue weighted by Gasteiger charge is 2.52. The van der Waals surface area contributed by atoms with E-state index in [0.717, 1.165) is 0 Å². The van der Waals surface area contributed by atoms with Gasteiger partial charge in [-0.3, -0.25) is 10.1 Å². The molecule has 8 heteroatoms. The summed E-state index contributed by atoms with van der Waals surface area (Å²) in [5, 5.41) is 20.4. The summed E-state index contributed by atoms with van der Waals surface area (Å²) in [6, 6.07) is 2.62. The lowest BCUT2D eigenvalue weighted by atomic mass is 9.79. The Kier molecular flexibility index (Phi) is 3.48. The van der Waals surface area contributed by atoms with Crippen LogP contribution in [0.4, 0.5) is 5.69 Å². The Morgan fingerprint density at radius 3 is 2.20 bits per heavy atom. The van der Waals surface area contributed by atoms with Gasteiger partial charge in [0.15, 0.2) is 0 Å². The Hall–Kier alpha value is -1.31. The lowest BCUT2D eigenvalue weighted by Gasteiger charge is -2.32. The van der Waals surface area contributed by atoms with Crippen molar-refractivity contribution < 1.29 is 19.3 Å². The van der Waals surface area contributed by atoms with Crippen LogP contribution in [-0.4, -0.2) is 28.4 Å². The van der Waals surface area contributed by atoms with Gasteiger partial charge in [-0.1, -0.05) is 11.6 Å². The van der Waals surface area contributed by atoms with Gasteiger partial charge in [-0.2, -0.15) is 0 Å². The Bertz CT molecular complexity index is 559. The molecular weight excluding hydrogens is 284 g/mol. The average molecular weight is 300 g/mol. The highest BCUT2D eigenvalue weighted by Crippen LogP contribution is 2.38. The molecule has 2 rings (SSSR count). The minimum absolute atomic E-state index is 0.107. The summed E-state index contributed by atoms with van der Waals surface area (Å²) in [6.07, 6.45) is 0. The number of halogens is 1. The lowest BCUT2D eigenvalue weighted by Crippen LogP contribution is -2.41. The lowest BCUT2D eigenvalue weighted by molar-refractivity contribution is -0.385. The highest BCUT2D eigenvalue weighted by atomic mass is 35.5. The average Bonchev–Trinajstić information content (AvgIpc) is 2.51. The van der Waals surface area contributed by atoms with E-state index in [-0.39, 0.29) is 5.02 Å². The summed E-state index contributed by atoms with van der Waals surface area (Å²) in [6.45, 7) is 7.51. The van der Waals surface area contributed by atoms with Crippen LogP contribution in [0, 0.1) is 10.1 Å². The minimum Gasteiger partial charge on any atom is -0.501 e. The number of aromatic hydroxyl groups is 1. The predicted molar refractivity (Wildman–Crippen MR) is 75.5 cm³/mol. The second-order valence-electron chi connectivity index (χ2n) is 5.72. The fourth-order valence-corrected chi connectivity index (χ4v) is 2.08. The molecule has 1 aromatic rings. The van der Waals surface area contributed by atoms with E-state index in [1.807, 2.05) is 27.7 Å². The second-order valence-corrected chi connectivity index (χ2v) is 6.12. The Labute approximate surface area is 121 Å². The van der Waals surface area contributed by atoms with E-state index in [9.17, 15) is 15.2 Å². The molecule has 1 aliphatic rings. The molecule has 1 N–H and O–H groups in total. The van der Waals surface area contributed by atoms with Crippen LogP contribution in [0.25, 0.3) is 0 Å². The zero-order valence-corrected chi connectivity index (χ0v) is 12.4. The van der Waals surface area contributed by atoms with Crippen molar-refractivity contribution in [2.24, 2.45) is 0 Å². The maximum absolute atomic E-state index is 10.9. The molecule has 1 aliphatic heterocycles. The van der Waals surface area contributed by atoms with Gasteiger partial charge in [0.2, 0.25) is 5.75 Å². The van der Waals surface area contributed by atoms with Crippen molar-refractivity contribution in [2.45, 2.75) is 38.9 Å². The van der Waals surface area contributed by atoms with Crippen LogP contribution >= 0.6 is 11.6 Å². The van der Waals surface area contributed by atoms with Crippen LogP contribution in [0.1, 0.15) is 27.7 Å². The zero-order chi connectivity index (χ0) is 15.3. The van der Waals surface area contributed by atoms with Gasteiger partial charge >= 0.3 is 12.8 Å². The van der Waals surface area contributed by atoms with Crippen molar-refractivity contribution in [1.82, 2.24) is 0 Å². The molecule has 0 bridgehead atoms. The Morgan fingerprint density at radius 2 is 1.75 bits per heavy atom. The van der Waals surface area contributed by atoms with Crippen molar-refractivity contribution >= 4 is 29.9 Å². The number of phenols is 1. The van der Waals surface area contributed by atoms with Crippen molar-refractivity contribution in [3.63, 3.8) is 0 Å². The Morgan fingerprint density at radius 1 is 1.25 bits per heavy atom. The molecular formula is C12H15BClNO5. The maximum Gasteiger partial charge on any atom is 0.495 e. The van der Waals surface area contributed by atoms with E-state index >= 15 is 0 Å². The van der Waals surface area contributed by atoms with Crippen molar-refractivity contribution in [3.8, 4) is 5.75 Å². The first-order valence-electron chi connectivity index (χ1n) is 6.07. The molecule has 0 saturated carbocycles. The van der Waals surface area contributed by atoms with E-state index in [4.69, 9.17) is 20.9 Å². The summed E-state index contributed by atoms with van der Waals surface area (Å²) >= 11 is 5.82. The molecule has 1 aromatic carbocycles. The third-order valence-electron chi connectivity index (χ3n) is 3.79. The number of nitro benzene ring substituents is 1. The second kappa shape index (κ2) is 4.61. The van der Waals surface area contributed by atoms with Crippen LogP contribution in [-0.2, 0) is 9.31 Å². The summed E-state index contributed by atoms with van der Waals surface area (Å²) < 4.78 is 11.6. The predicted octanol–water partition coefficient (Wildman–Crippen LogP) is 2.25. The zero-order valence-electron chi connectivity index (χ0n) is 11.6. The van der Waals surface area contributed by atoms with Crippen molar-refractivity contribution in [3.05, 3.63) is 27.3 Å². The van der Waals surface area contributed by atoms with E-state index in [2.05, 4.69) is 0 Å². The van der Waals surface area contributed by atoms with Gasteiger partial charge in [-0.05, 0) is 39.2 Å². The summed E-state index contributed by atoms with van der Waals surface area (Å²) in [7, 11) is -0.767. The van der Waals surface area contributed by atoms with Crippen molar-refractivity contribution in [1.29, 1.82) is 0 Å². The molecule has 1 heterocycles. The first kappa shape index (κ1) is 15.1.